The monoisotopic (exact) mass is 302 g/mol. The van der Waals surface area contributed by atoms with Gasteiger partial charge in [0.25, 0.3) is 5.91 Å². The maximum Gasteiger partial charge on any atom is 0.267 e. The average molecular weight is 302 g/mol. The number of hydrogen-bond donors (Lipinski definition) is 1. The molecule has 3 rings (SSSR count). The molecule has 1 atom stereocenters. The summed E-state index contributed by atoms with van der Waals surface area (Å²) in [6, 6.07) is 9.58. The van der Waals surface area contributed by atoms with Crippen LogP contribution in [0.25, 0.3) is 0 Å². The van der Waals surface area contributed by atoms with Gasteiger partial charge in [-0.15, -0.1) is 0 Å². The van der Waals surface area contributed by atoms with Gasteiger partial charge in [0.2, 0.25) is 5.60 Å². The second-order valence-electron chi connectivity index (χ2n) is 5.31. The van der Waals surface area contributed by atoms with Crippen molar-refractivity contribution in [2.45, 2.75) is 25.5 Å². The van der Waals surface area contributed by atoms with Gasteiger partial charge in [-0.2, -0.15) is 0 Å². The van der Waals surface area contributed by atoms with Crippen LogP contribution in [0.3, 0.4) is 0 Å². The number of nitrogens with one attached hydrogen (secondary N) is 1. The van der Waals surface area contributed by atoms with E-state index in [9.17, 15) is 9.18 Å². The SMILES string of the molecule is C[C@]1(C(=O)NCc2ccco2)CC(c2cccc(F)c2)=NO1. The molecule has 2 heterocycles. The fourth-order valence-corrected chi connectivity index (χ4v) is 2.25. The van der Waals surface area contributed by atoms with E-state index < -0.39 is 5.60 Å². The Morgan fingerprint density at radius 2 is 2.27 bits per heavy atom. The van der Waals surface area contributed by atoms with Gasteiger partial charge >= 0.3 is 0 Å². The van der Waals surface area contributed by atoms with Gasteiger partial charge in [0.05, 0.1) is 18.5 Å². The van der Waals surface area contributed by atoms with Gasteiger partial charge < -0.3 is 14.6 Å². The van der Waals surface area contributed by atoms with Crippen LogP contribution in [0.2, 0.25) is 0 Å². The summed E-state index contributed by atoms with van der Waals surface area (Å²) >= 11 is 0. The van der Waals surface area contributed by atoms with Crippen LogP contribution in [0.15, 0.2) is 52.2 Å². The van der Waals surface area contributed by atoms with Crippen molar-refractivity contribution in [2.24, 2.45) is 5.16 Å². The third-order valence-corrected chi connectivity index (χ3v) is 3.50. The Morgan fingerprint density at radius 3 is 3.00 bits per heavy atom. The molecular formula is C16H15FN2O3. The average Bonchev–Trinajstić information content (AvgIpc) is 3.15. The molecule has 1 aliphatic heterocycles. The topological polar surface area (TPSA) is 63.8 Å². The van der Waals surface area contributed by atoms with Crippen molar-refractivity contribution >= 4 is 11.6 Å². The molecule has 6 heteroatoms. The molecule has 1 amide bonds. The Labute approximate surface area is 126 Å². The summed E-state index contributed by atoms with van der Waals surface area (Å²) in [7, 11) is 0. The highest BCUT2D eigenvalue weighted by Crippen LogP contribution is 2.27. The first-order chi connectivity index (χ1) is 10.6. The largest absolute Gasteiger partial charge is 0.467 e. The second kappa shape index (κ2) is 5.63. The molecule has 114 valence electrons. The molecule has 0 spiro atoms. The highest BCUT2D eigenvalue weighted by Gasteiger charge is 2.42. The lowest BCUT2D eigenvalue weighted by Gasteiger charge is -2.20. The Balaban J connectivity index is 1.65. The Morgan fingerprint density at radius 1 is 1.41 bits per heavy atom. The predicted molar refractivity (Wildman–Crippen MR) is 77.6 cm³/mol. The van der Waals surface area contributed by atoms with Gasteiger partial charge in [-0.3, -0.25) is 4.79 Å². The first-order valence-corrected chi connectivity index (χ1v) is 6.88. The molecule has 0 saturated heterocycles. The number of benzene rings is 1. The summed E-state index contributed by atoms with van der Waals surface area (Å²) in [5, 5.41) is 6.68. The maximum absolute atomic E-state index is 13.3. The summed E-state index contributed by atoms with van der Waals surface area (Å²) in [6.07, 6.45) is 1.82. The molecule has 0 bridgehead atoms. The van der Waals surface area contributed by atoms with E-state index >= 15 is 0 Å². The van der Waals surface area contributed by atoms with E-state index in [1.165, 1.54) is 12.1 Å². The number of carbonyl (C=O) groups is 1. The molecule has 22 heavy (non-hydrogen) atoms. The van der Waals surface area contributed by atoms with Crippen LogP contribution in [0.1, 0.15) is 24.7 Å². The van der Waals surface area contributed by atoms with Crippen molar-refractivity contribution in [3.63, 3.8) is 0 Å². The number of nitrogens with zero attached hydrogens (tertiary/aromatic N) is 1. The van der Waals surface area contributed by atoms with E-state index in [1.54, 1.807) is 37.5 Å². The van der Waals surface area contributed by atoms with Crippen LogP contribution in [0, 0.1) is 5.82 Å². The van der Waals surface area contributed by atoms with Gasteiger partial charge in [0, 0.05) is 12.0 Å². The minimum Gasteiger partial charge on any atom is -0.467 e. The Bertz CT molecular complexity index is 712. The van der Waals surface area contributed by atoms with Gasteiger partial charge in [0.1, 0.15) is 11.6 Å². The first kappa shape index (κ1) is 14.3. The van der Waals surface area contributed by atoms with Crippen molar-refractivity contribution in [1.29, 1.82) is 0 Å². The molecule has 0 saturated carbocycles. The molecule has 1 N–H and O–H groups in total. The Hall–Kier alpha value is -2.63. The van der Waals surface area contributed by atoms with Crippen LogP contribution in [0.5, 0.6) is 0 Å². The molecule has 5 nitrogen and oxygen atoms in total. The molecule has 1 aromatic heterocycles. The summed E-state index contributed by atoms with van der Waals surface area (Å²) in [4.78, 5) is 17.6. The molecule has 2 aromatic rings. The van der Waals surface area contributed by atoms with E-state index in [0.717, 1.165) is 0 Å². The van der Waals surface area contributed by atoms with Crippen LogP contribution < -0.4 is 5.32 Å². The van der Waals surface area contributed by atoms with Crippen LogP contribution in [-0.2, 0) is 16.2 Å². The van der Waals surface area contributed by atoms with E-state index in [0.29, 0.717) is 17.0 Å². The quantitative estimate of drug-likeness (QED) is 0.944. The van der Waals surface area contributed by atoms with Gasteiger partial charge in [0.15, 0.2) is 0 Å². The van der Waals surface area contributed by atoms with Crippen molar-refractivity contribution in [3.8, 4) is 0 Å². The molecule has 1 aliphatic rings. The van der Waals surface area contributed by atoms with Crippen molar-refractivity contribution < 1.29 is 18.4 Å². The zero-order valence-electron chi connectivity index (χ0n) is 12.0. The van der Waals surface area contributed by atoms with Crippen molar-refractivity contribution in [2.75, 3.05) is 0 Å². The maximum atomic E-state index is 13.3. The third kappa shape index (κ3) is 2.86. The normalized spacial score (nSPS) is 20.4. The van der Waals surface area contributed by atoms with Gasteiger partial charge in [-0.05, 0) is 31.2 Å². The molecular weight excluding hydrogens is 287 g/mol. The fraction of sp³-hybridized carbons (Fsp3) is 0.250. The zero-order valence-corrected chi connectivity index (χ0v) is 12.0. The molecule has 1 aromatic carbocycles. The highest BCUT2D eigenvalue weighted by atomic mass is 19.1. The summed E-state index contributed by atoms with van der Waals surface area (Å²) in [6.45, 7) is 1.93. The standard InChI is InChI=1S/C16H15FN2O3/c1-16(15(20)18-10-13-6-3-7-21-13)9-14(19-22-16)11-4-2-5-12(17)8-11/h2-8H,9-10H2,1H3,(H,18,20)/t16-/m1/s1. The van der Waals surface area contributed by atoms with E-state index in [1.807, 2.05) is 0 Å². The summed E-state index contributed by atoms with van der Waals surface area (Å²) in [5.74, 6) is 0.0105. The zero-order chi connectivity index (χ0) is 15.6. The first-order valence-electron chi connectivity index (χ1n) is 6.88. The number of furan rings is 1. The lowest BCUT2D eigenvalue weighted by Crippen LogP contribution is -2.44. The second-order valence-corrected chi connectivity index (χ2v) is 5.31. The molecule has 0 aliphatic carbocycles. The minimum absolute atomic E-state index is 0.278. The predicted octanol–water partition coefficient (Wildman–Crippen LogP) is 2.62. The molecule has 0 radical (unpaired) electrons. The van der Waals surface area contributed by atoms with Gasteiger partial charge in [-0.25, -0.2) is 4.39 Å². The lowest BCUT2D eigenvalue weighted by atomic mass is 9.95. The summed E-state index contributed by atoms with van der Waals surface area (Å²) < 4.78 is 18.4. The summed E-state index contributed by atoms with van der Waals surface area (Å²) in [5.41, 5.74) is 0.0616. The number of amides is 1. The van der Waals surface area contributed by atoms with E-state index in [4.69, 9.17) is 9.25 Å². The number of rotatable bonds is 4. The minimum atomic E-state index is -1.10. The smallest absolute Gasteiger partial charge is 0.267 e. The van der Waals surface area contributed by atoms with Gasteiger partial charge in [-0.1, -0.05) is 17.3 Å². The van der Waals surface area contributed by atoms with Crippen LogP contribution in [-0.4, -0.2) is 17.2 Å². The lowest BCUT2D eigenvalue weighted by molar-refractivity contribution is -0.141. The third-order valence-electron chi connectivity index (χ3n) is 3.50. The van der Waals surface area contributed by atoms with E-state index in [-0.39, 0.29) is 24.7 Å². The molecule has 0 fully saturated rings. The fourth-order valence-electron chi connectivity index (χ4n) is 2.25. The van der Waals surface area contributed by atoms with E-state index in [2.05, 4.69) is 10.5 Å². The Kier molecular flexibility index (Phi) is 3.66. The number of halogens is 1. The molecule has 0 unspecified atom stereocenters. The van der Waals surface area contributed by atoms with Crippen LogP contribution >= 0.6 is 0 Å². The van der Waals surface area contributed by atoms with Crippen LogP contribution in [0.4, 0.5) is 4.39 Å². The number of oxime groups is 1. The number of carbonyl (C=O) groups excluding carboxylic acids is 1. The highest BCUT2D eigenvalue weighted by molar-refractivity contribution is 6.05. The number of hydrogen-bond acceptors (Lipinski definition) is 4. The van der Waals surface area contributed by atoms with Crippen molar-refractivity contribution in [3.05, 3.63) is 59.8 Å². The van der Waals surface area contributed by atoms with Crippen molar-refractivity contribution in [1.82, 2.24) is 5.32 Å².